The molecule has 1 atom stereocenters. The van der Waals surface area contributed by atoms with E-state index in [9.17, 15) is 0 Å². The summed E-state index contributed by atoms with van der Waals surface area (Å²) in [5, 5.41) is 7.90. The molecular weight excluding hydrogens is 224 g/mol. The molecule has 2 rings (SSSR count). The molecule has 0 radical (unpaired) electrons. The summed E-state index contributed by atoms with van der Waals surface area (Å²) in [7, 11) is 0. The molecule has 0 aliphatic rings. The number of likely N-dealkylation sites (N-methyl/N-ethyl adjacent to an activating group) is 1. The number of aromatic nitrogens is 3. The first-order chi connectivity index (χ1) is 8.72. The van der Waals surface area contributed by atoms with E-state index in [4.69, 9.17) is 0 Å². The van der Waals surface area contributed by atoms with Crippen LogP contribution in [0.15, 0.2) is 30.3 Å². The van der Waals surface area contributed by atoms with Gasteiger partial charge in [-0.2, -0.15) is 5.10 Å². The van der Waals surface area contributed by atoms with E-state index in [-0.39, 0.29) is 6.04 Å². The monoisotopic (exact) mass is 244 g/mol. The second kappa shape index (κ2) is 5.78. The molecule has 2 aromatic rings. The van der Waals surface area contributed by atoms with Gasteiger partial charge in [0.15, 0.2) is 0 Å². The SMILES string of the molecule is CCNCC(c1ccccc1)n1nc(C)nc1C. The zero-order valence-corrected chi connectivity index (χ0v) is 11.2. The smallest absolute Gasteiger partial charge is 0.147 e. The standard InChI is InChI=1S/C14H20N4/c1-4-15-10-14(13-8-6-5-7-9-13)18-12(3)16-11(2)17-18/h5-9,14-15H,4,10H2,1-3H3. The molecule has 0 fully saturated rings. The Hall–Kier alpha value is -1.68. The minimum Gasteiger partial charge on any atom is -0.315 e. The molecule has 0 spiro atoms. The van der Waals surface area contributed by atoms with Gasteiger partial charge in [-0.1, -0.05) is 37.3 Å². The van der Waals surface area contributed by atoms with Gasteiger partial charge in [-0.25, -0.2) is 9.67 Å². The van der Waals surface area contributed by atoms with Gasteiger partial charge in [-0.05, 0) is 26.0 Å². The number of rotatable bonds is 5. The van der Waals surface area contributed by atoms with Crippen LogP contribution in [0, 0.1) is 13.8 Å². The van der Waals surface area contributed by atoms with Crippen LogP contribution < -0.4 is 5.32 Å². The molecule has 0 amide bonds. The van der Waals surface area contributed by atoms with Crippen molar-refractivity contribution >= 4 is 0 Å². The summed E-state index contributed by atoms with van der Waals surface area (Å²) in [5.74, 6) is 1.78. The Morgan fingerprint density at radius 3 is 2.50 bits per heavy atom. The molecule has 18 heavy (non-hydrogen) atoms. The average Bonchev–Trinajstić information content (AvgIpc) is 2.70. The Morgan fingerprint density at radius 1 is 1.22 bits per heavy atom. The maximum absolute atomic E-state index is 4.51. The summed E-state index contributed by atoms with van der Waals surface area (Å²) < 4.78 is 2.01. The highest BCUT2D eigenvalue weighted by atomic mass is 15.4. The van der Waals surface area contributed by atoms with Crippen molar-refractivity contribution in [1.82, 2.24) is 20.1 Å². The van der Waals surface area contributed by atoms with Crippen molar-refractivity contribution < 1.29 is 0 Å². The summed E-state index contributed by atoms with van der Waals surface area (Å²) in [4.78, 5) is 4.39. The first-order valence-electron chi connectivity index (χ1n) is 6.37. The summed E-state index contributed by atoms with van der Waals surface area (Å²) in [6.07, 6.45) is 0. The largest absolute Gasteiger partial charge is 0.315 e. The molecule has 1 heterocycles. The van der Waals surface area contributed by atoms with E-state index in [0.29, 0.717) is 0 Å². The predicted molar refractivity (Wildman–Crippen MR) is 72.6 cm³/mol. The van der Waals surface area contributed by atoms with Crippen LogP contribution in [0.25, 0.3) is 0 Å². The van der Waals surface area contributed by atoms with Crippen molar-refractivity contribution in [3.8, 4) is 0 Å². The fraction of sp³-hybridized carbons (Fsp3) is 0.429. The topological polar surface area (TPSA) is 42.7 Å². The van der Waals surface area contributed by atoms with E-state index in [2.05, 4.69) is 46.6 Å². The summed E-state index contributed by atoms with van der Waals surface area (Å²) in [6.45, 7) is 7.86. The van der Waals surface area contributed by atoms with Crippen LogP contribution in [0.3, 0.4) is 0 Å². The third kappa shape index (κ3) is 2.76. The molecule has 0 aliphatic heterocycles. The molecule has 1 unspecified atom stereocenters. The van der Waals surface area contributed by atoms with Crippen LogP contribution >= 0.6 is 0 Å². The number of nitrogens with one attached hydrogen (secondary N) is 1. The molecule has 1 aromatic carbocycles. The lowest BCUT2D eigenvalue weighted by atomic mass is 10.1. The Bertz CT molecular complexity index is 490. The van der Waals surface area contributed by atoms with Crippen LogP contribution in [0.1, 0.15) is 30.2 Å². The predicted octanol–water partition coefficient (Wildman–Crippen LogP) is 2.09. The highest BCUT2D eigenvalue weighted by Gasteiger charge is 2.16. The van der Waals surface area contributed by atoms with Gasteiger partial charge in [0.2, 0.25) is 0 Å². The van der Waals surface area contributed by atoms with E-state index >= 15 is 0 Å². The molecule has 4 nitrogen and oxygen atoms in total. The average molecular weight is 244 g/mol. The number of benzene rings is 1. The van der Waals surface area contributed by atoms with Gasteiger partial charge in [0.25, 0.3) is 0 Å². The molecule has 96 valence electrons. The Morgan fingerprint density at radius 2 is 1.94 bits per heavy atom. The molecule has 1 N–H and O–H groups in total. The van der Waals surface area contributed by atoms with E-state index in [0.717, 1.165) is 24.7 Å². The Labute approximate surface area is 108 Å². The van der Waals surface area contributed by atoms with E-state index in [1.807, 2.05) is 24.6 Å². The first-order valence-corrected chi connectivity index (χ1v) is 6.37. The van der Waals surface area contributed by atoms with E-state index in [1.54, 1.807) is 0 Å². The van der Waals surface area contributed by atoms with E-state index < -0.39 is 0 Å². The molecule has 4 heteroatoms. The van der Waals surface area contributed by atoms with Gasteiger partial charge in [-0.3, -0.25) is 0 Å². The van der Waals surface area contributed by atoms with Gasteiger partial charge in [0.1, 0.15) is 11.6 Å². The maximum atomic E-state index is 4.51. The lowest BCUT2D eigenvalue weighted by molar-refractivity contribution is 0.474. The summed E-state index contributed by atoms with van der Waals surface area (Å²) >= 11 is 0. The molecule has 0 bridgehead atoms. The molecule has 0 saturated heterocycles. The fourth-order valence-corrected chi connectivity index (χ4v) is 2.13. The number of aryl methyl sites for hydroxylation is 2. The minimum absolute atomic E-state index is 0.201. The van der Waals surface area contributed by atoms with Gasteiger partial charge in [0, 0.05) is 6.54 Å². The van der Waals surface area contributed by atoms with Crippen LogP contribution in [0.2, 0.25) is 0 Å². The Kier molecular flexibility index (Phi) is 4.10. The van der Waals surface area contributed by atoms with Crippen LogP contribution in [-0.2, 0) is 0 Å². The van der Waals surface area contributed by atoms with Crippen LogP contribution in [0.5, 0.6) is 0 Å². The number of nitrogens with zero attached hydrogens (tertiary/aromatic N) is 3. The summed E-state index contributed by atoms with van der Waals surface area (Å²) in [5.41, 5.74) is 1.26. The quantitative estimate of drug-likeness (QED) is 0.875. The van der Waals surface area contributed by atoms with Gasteiger partial charge >= 0.3 is 0 Å². The first kappa shape index (κ1) is 12.8. The molecule has 0 aliphatic carbocycles. The van der Waals surface area contributed by atoms with Gasteiger partial charge in [0.05, 0.1) is 6.04 Å². The third-order valence-electron chi connectivity index (χ3n) is 2.97. The van der Waals surface area contributed by atoms with Gasteiger partial charge < -0.3 is 5.32 Å². The highest BCUT2D eigenvalue weighted by Crippen LogP contribution is 2.18. The second-order valence-corrected chi connectivity index (χ2v) is 4.38. The molecular formula is C14H20N4. The lowest BCUT2D eigenvalue weighted by Gasteiger charge is -2.19. The van der Waals surface area contributed by atoms with Crippen molar-refractivity contribution in [2.24, 2.45) is 0 Å². The number of hydrogen-bond acceptors (Lipinski definition) is 3. The molecule has 1 aromatic heterocycles. The summed E-state index contributed by atoms with van der Waals surface area (Å²) in [6, 6.07) is 10.6. The van der Waals surface area contributed by atoms with Crippen LogP contribution in [0.4, 0.5) is 0 Å². The highest BCUT2D eigenvalue weighted by molar-refractivity contribution is 5.20. The van der Waals surface area contributed by atoms with Crippen LogP contribution in [-0.4, -0.2) is 27.9 Å². The van der Waals surface area contributed by atoms with Crippen molar-refractivity contribution in [3.05, 3.63) is 47.5 Å². The third-order valence-corrected chi connectivity index (χ3v) is 2.97. The van der Waals surface area contributed by atoms with Crippen molar-refractivity contribution in [1.29, 1.82) is 0 Å². The van der Waals surface area contributed by atoms with Crippen molar-refractivity contribution in [3.63, 3.8) is 0 Å². The maximum Gasteiger partial charge on any atom is 0.147 e. The zero-order chi connectivity index (χ0) is 13.0. The zero-order valence-electron chi connectivity index (χ0n) is 11.2. The Balaban J connectivity index is 2.34. The normalized spacial score (nSPS) is 12.6. The molecule has 0 saturated carbocycles. The lowest BCUT2D eigenvalue weighted by Crippen LogP contribution is -2.27. The number of hydrogen-bond donors (Lipinski definition) is 1. The minimum atomic E-state index is 0.201. The van der Waals surface area contributed by atoms with Crippen molar-refractivity contribution in [2.75, 3.05) is 13.1 Å². The van der Waals surface area contributed by atoms with Crippen molar-refractivity contribution in [2.45, 2.75) is 26.8 Å². The van der Waals surface area contributed by atoms with Gasteiger partial charge in [-0.15, -0.1) is 0 Å². The van der Waals surface area contributed by atoms with E-state index in [1.165, 1.54) is 5.56 Å². The second-order valence-electron chi connectivity index (χ2n) is 4.38. The fourth-order valence-electron chi connectivity index (χ4n) is 2.13.